The van der Waals surface area contributed by atoms with Gasteiger partial charge >= 0.3 is 12.2 Å². The molecule has 2 aromatic carbocycles. The van der Waals surface area contributed by atoms with E-state index >= 15 is 0 Å². The molecule has 0 radical (unpaired) electrons. The third-order valence-corrected chi connectivity index (χ3v) is 5.35. The van der Waals surface area contributed by atoms with E-state index in [2.05, 4.69) is 15.7 Å². The van der Waals surface area contributed by atoms with E-state index in [1.54, 1.807) is 30.3 Å². The maximum absolute atomic E-state index is 14.5. The van der Waals surface area contributed by atoms with Crippen LogP contribution in [0.5, 0.6) is 0 Å². The van der Waals surface area contributed by atoms with Crippen molar-refractivity contribution in [2.24, 2.45) is 0 Å². The molecule has 4 rings (SSSR count). The predicted octanol–water partition coefficient (Wildman–Crippen LogP) is 4.84. The highest BCUT2D eigenvalue weighted by atomic mass is 35.5. The van der Waals surface area contributed by atoms with E-state index in [0.29, 0.717) is 42.7 Å². The van der Waals surface area contributed by atoms with E-state index in [-0.39, 0.29) is 17.9 Å². The van der Waals surface area contributed by atoms with E-state index in [1.807, 2.05) is 4.90 Å². The quantitative estimate of drug-likeness (QED) is 0.495. The first kappa shape index (κ1) is 23.8. The molecule has 1 aliphatic heterocycles. The van der Waals surface area contributed by atoms with Gasteiger partial charge in [0.05, 0.1) is 36.8 Å². The van der Waals surface area contributed by atoms with Crippen LogP contribution >= 0.6 is 11.6 Å². The van der Waals surface area contributed by atoms with Crippen LogP contribution in [0, 0.1) is 5.82 Å². The Morgan fingerprint density at radius 2 is 1.88 bits per heavy atom. The number of anilines is 2. The number of nitrogens with one attached hydrogen (secondary N) is 2. The van der Waals surface area contributed by atoms with Crippen LogP contribution in [0.25, 0.3) is 5.69 Å². The number of ether oxygens (including phenoxy) is 1. The number of amides is 2. The Labute approximate surface area is 197 Å². The molecular weight excluding hydrogens is 478 g/mol. The molecule has 0 bridgehead atoms. The minimum Gasteiger partial charge on any atom is -0.378 e. The number of benzene rings is 2. The first-order chi connectivity index (χ1) is 16.2. The third kappa shape index (κ3) is 5.60. The van der Waals surface area contributed by atoms with Gasteiger partial charge in [-0.05, 0) is 42.5 Å². The number of alkyl halides is 3. The van der Waals surface area contributed by atoms with E-state index < -0.39 is 23.7 Å². The zero-order valence-electron chi connectivity index (χ0n) is 17.7. The standard InChI is InChI=1S/C22H20ClF4N5O2/c23-14-2-1-3-16(10-14)32-17(12-20(30-32)22(25,26)27)13-28-21(33)29-15-4-5-19(18(24)11-15)31-6-8-34-9-7-31/h1-5,10-12H,6-9,13H2,(H2,28,29,33). The molecule has 0 saturated carbocycles. The fourth-order valence-corrected chi connectivity index (χ4v) is 3.69. The summed E-state index contributed by atoms with van der Waals surface area (Å²) < 4.78 is 60.5. The Kier molecular flexibility index (Phi) is 6.94. The van der Waals surface area contributed by atoms with Crippen molar-refractivity contribution in [3.63, 3.8) is 0 Å². The van der Waals surface area contributed by atoms with Crippen molar-refractivity contribution in [3.05, 3.63) is 70.8 Å². The zero-order chi connectivity index (χ0) is 24.3. The monoisotopic (exact) mass is 497 g/mol. The summed E-state index contributed by atoms with van der Waals surface area (Å²) in [4.78, 5) is 14.2. The van der Waals surface area contributed by atoms with Crippen LogP contribution in [0.1, 0.15) is 11.4 Å². The number of hydrogen-bond acceptors (Lipinski definition) is 4. The highest BCUT2D eigenvalue weighted by Crippen LogP contribution is 2.30. The summed E-state index contributed by atoms with van der Waals surface area (Å²) in [5, 5.41) is 8.89. The average molecular weight is 498 g/mol. The molecule has 12 heteroatoms. The van der Waals surface area contributed by atoms with Gasteiger partial charge in [0.25, 0.3) is 0 Å². The van der Waals surface area contributed by atoms with Gasteiger partial charge in [-0.3, -0.25) is 0 Å². The molecule has 0 aliphatic carbocycles. The Morgan fingerprint density at radius 3 is 2.56 bits per heavy atom. The topological polar surface area (TPSA) is 71.4 Å². The second kappa shape index (κ2) is 9.90. The SMILES string of the molecule is O=C(NCc1cc(C(F)(F)F)nn1-c1cccc(Cl)c1)Nc1ccc(N2CCOCC2)c(F)c1. The first-order valence-corrected chi connectivity index (χ1v) is 10.7. The second-order valence-electron chi connectivity index (χ2n) is 7.48. The number of carbonyl (C=O) groups is 1. The van der Waals surface area contributed by atoms with Crippen molar-refractivity contribution in [2.45, 2.75) is 12.7 Å². The molecule has 1 aliphatic rings. The van der Waals surface area contributed by atoms with E-state index in [0.717, 1.165) is 10.7 Å². The second-order valence-corrected chi connectivity index (χ2v) is 7.92. The zero-order valence-corrected chi connectivity index (χ0v) is 18.5. The van der Waals surface area contributed by atoms with Gasteiger partial charge in [-0.1, -0.05) is 17.7 Å². The number of rotatable bonds is 5. The molecule has 1 aromatic heterocycles. The molecule has 2 N–H and O–H groups in total. The van der Waals surface area contributed by atoms with Crippen LogP contribution in [-0.2, 0) is 17.5 Å². The largest absolute Gasteiger partial charge is 0.435 e. The smallest absolute Gasteiger partial charge is 0.378 e. The number of urea groups is 1. The van der Waals surface area contributed by atoms with E-state index in [4.69, 9.17) is 16.3 Å². The van der Waals surface area contributed by atoms with Gasteiger partial charge in [-0.2, -0.15) is 18.3 Å². The summed E-state index contributed by atoms with van der Waals surface area (Å²) in [6, 6.07) is 10.6. The lowest BCUT2D eigenvalue weighted by molar-refractivity contribution is -0.141. The van der Waals surface area contributed by atoms with Crippen LogP contribution in [0.3, 0.4) is 0 Å². The summed E-state index contributed by atoms with van der Waals surface area (Å²) in [6.07, 6.45) is -4.67. The molecule has 1 saturated heterocycles. The molecule has 34 heavy (non-hydrogen) atoms. The third-order valence-electron chi connectivity index (χ3n) is 5.11. The Balaban J connectivity index is 1.45. The van der Waals surface area contributed by atoms with Crippen LogP contribution in [0.15, 0.2) is 48.5 Å². The van der Waals surface area contributed by atoms with Crippen molar-refractivity contribution < 1.29 is 27.1 Å². The van der Waals surface area contributed by atoms with Crippen molar-refractivity contribution in [1.29, 1.82) is 0 Å². The Hall–Kier alpha value is -3.31. The number of carbonyl (C=O) groups excluding carboxylic acids is 1. The number of hydrogen-bond donors (Lipinski definition) is 2. The lowest BCUT2D eigenvalue weighted by atomic mass is 10.2. The normalized spacial score (nSPS) is 14.2. The Bertz CT molecular complexity index is 1180. The molecule has 0 atom stereocenters. The van der Waals surface area contributed by atoms with Gasteiger partial charge in [-0.25, -0.2) is 13.9 Å². The van der Waals surface area contributed by atoms with Crippen molar-refractivity contribution in [2.75, 3.05) is 36.5 Å². The summed E-state index contributed by atoms with van der Waals surface area (Å²) in [7, 11) is 0. The first-order valence-electron chi connectivity index (χ1n) is 10.3. The van der Waals surface area contributed by atoms with Gasteiger partial charge in [0, 0.05) is 23.8 Å². The lowest BCUT2D eigenvalue weighted by Crippen LogP contribution is -2.36. The van der Waals surface area contributed by atoms with Gasteiger partial charge in [0.2, 0.25) is 0 Å². The summed E-state index contributed by atoms with van der Waals surface area (Å²) >= 11 is 5.95. The molecule has 0 unspecified atom stereocenters. The molecule has 2 heterocycles. The van der Waals surface area contributed by atoms with Crippen molar-refractivity contribution >= 4 is 29.0 Å². The predicted molar refractivity (Wildman–Crippen MR) is 119 cm³/mol. The van der Waals surface area contributed by atoms with Gasteiger partial charge < -0.3 is 20.3 Å². The van der Waals surface area contributed by atoms with E-state index in [1.165, 1.54) is 12.1 Å². The number of halogens is 5. The number of nitrogens with zero attached hydrogens (tertiary/aromatic N) is 3. The maximum atomic E-state index is 14.5. The highest BCUT2D eigenvalue weighted by molar-refractivity contribution is 6.30. The molecule has 1 fully saturated rings. The fraction of sp³-hybridized carbons (Fsp3) is 0.273. The van der Waals surface area contributed by atoms with Crippen molar-refractivity contribution in [1.82, 2.24) is 15.1 Å². The molecule has 3 aromatic rings. The Morgan fingerprint density at radius 1 is 1.12 bits per heavy atom. The highest BCUT2D eigenvalue weighted by Gasteiger charge is 2.35. The summed E-state index contributed by atoms with van der Waals surface area (Å²) in [5.74, 6) is -0.506. The van der Waals surface area contributed by atoms with Crippen LogP contribution in [0.4, 0.5) is 33.7 Å². The summed E-state index contributed by atoms with van der Waals surface area (Å²) in [5.41, 5.74) is -0.115. The van der Waals surface area contributed by atoms with Gasteiger partial charge in [0.1, 0.15) is 5.82 Å². The van der Waals surface area contributed by atoms with E-state index in [9.17, 15) is 22.4 Å². The lowest BCUT2D eigenvalue weighted by Gasteiger charge is -2.29. The molecule has 2 amide bonds. The van der Waals surface area contributed by atoms with Gasteiger partial charge in [0.15, 0.2) is 5.69 Å². The average Bonchev–Trinajstić information content (AvgIpc) is 3.23. The maximum Gasteiger partial charge on any atom is 0.435 e. The van der Waals surface area contributed by atoms with Crippen LogP contribution < -0.4 is 15.5 Å². The number of morpholine rings is 1. The number of aromatic nitrogens is 2. The van der Waals surface area contributed by atoms with Crippen LogP contribution in [-0.4, -0.2) is 42.1 Å². The summed E-state index contributed by atoms with van der Waals surface area (Å²) in [6.45, 7) is 1.86. The fourth-order valence-electron chi connectivity index (χ4n) is 3.51. The molecule has 180 valence electrons. The minimum atomic E-state index is -4.67. The van der Waals surface area contributed by atoms with Crippen molar-refractivity contribution in [3.8, 4) is 5.69 Å². The van der Waals surface area contributed by atoms with Crippen LogP contribution in [0.2, 0.25) is 5.02 Å². The van der Waals surface area contributed by atoms with Gasteiger partial charge in [-0.15, -0.1) is 0 Å². The molecule has 0 spiro atoms. The minimum absolute atomic E-state index is 0.0820. The molecular formula is C22H20ClF4N5O2. The molecule has 7 nitrogen and oxygen atoms in total.